The lowest BCUT2D eigenvalue weighted by molar-refractivity contribution is -0.121. The molecule has 1 saturated heterocycles. The van der Waals surface area contributed by atoms with Gasteiger partial charge in [-0.25, -0.2) is 8.42 Å². The highest BCUT2D eigenvalue weighted by atomic mass is 32.2. The molecular formula is C25H26N2O3S. The van der Waals surface area contributed by atoms with E-state index >= 15 is 0 Å². The minimum absolute atomic E-state index is 0.144. The largest absolute Gasteiger partial charge is 0.326 e. The van der Waals surface area contributed by atoms with Crippen LogP contribution in [-0.2, 0) is 14.8 Å². The molecule has 1 aliphatic heterocycles. The van der Waals surface area contributed by atoms with Crippen molar-refractivity contribution in [1.82, 2.24) is 4.31 Å². The summed E-state index contributed by atoms with van der Waals surface area (Å²) >= 11 is 0. The summed E-state index contributed by atoms with van der Waals surface area (Å²) in [5.74, 6) is -0.563. The zero-order chi connectivity index (χ0) is 21.8. The molecule has 0 bridgehead atoms. The van der Waals surface area contributed by atoms with Crippen LogP contribution in [-0.4, -0.2) is 25.2 Å². The molecule has 3 aromatic carbocycles. The van der Waals surface area contributed by atoms with E-state index in [-0.39, 0.29) is 23.4 Å². The summed E-state index contributed by atoms with van der Waals surface area (Å²) < 4.78 is 28.6. The van der Waals surface area contributed by atoms with Crippen LogP contribution >= 0.6 is 0 Å². The summed E-state index contributed by atoms with van der Waals surface area (Å²) in [6.07, 6.45) is 1.21. The first-order chi connectivity index (χ1) is 15.0. The van der Waals surface area contributed by atoms with E-state index in [1.165, 1.54) is 4.31 Å². The molecule has 3 aromatic rings. The van der Waals surface area contributed by atoms with Crippen molar-refractivity contribution in [2.24, 2.45) is 5.92 Å². The first kappa shape index (κ1) is 21.3. The fourth-order valence-electron chi connectivity index (χ4n) is 4.10. The van der Waals surface area contributed by atoms with Gasteiger partial charge < -0.3 is 5.32 Å². The molecular weight excluding hydrogens is 408 g/mol. The van der Waals surface area contributed by atoms with E-state index in [1.807, 2.05) is 61.5 Å². The molecule has 160 valence electrons. The lowest BCUT2D eigenvalue weighted by Gasteiger charge is -2.38. The van der Waals surface area contributed by atoms with Crippen LogP contribution in [0.25, 0.3) is 0 Å². The number of carbonyl (C=O) groups is 1. The number of anilines is 1. The number of nitrogens with one attached hydrogen (secondary N) is 1. The van der Waals surface area contributed by atoms with E-state index in [1.54, 1.807) is 30.3 Å². The summed E-state index contributed by atoms with van der Waals surface area (Å²) in [5, 5.41) is 2.99. The minimum Gasteiger partial charge on any atom is -0.326 e. The maximum absolute atomic E-state index is 13.5. The van der Waals surface area contributed by atoms with Crippen molar-refractivity contribution in [3.8, 4) is 0 Å². The number of carbonyl (C=O) groups excluding carboxylic acids is 1. The number of rotatable bonds is 5. The number of hydrogen-bond acceptors (Lipinski definition) is 3. The molecule has 31 heavy (non-hydrogen) atoms. The Balaban J connectivity index is 1.64. The molecule has 0 saturated carbocycles. The Morgan fingerprint density at radius 3 is 2.16 bits per heavy atom. The molecule has 0 aromatic heterocycles. The van der Waals surface area contributed by atoms with Crippen LogP contribution in [0.1, 0.15) is 30.0 Å². The molecule has 5 nitrogen and oxygen atoms in total. The maximum atomic E-state index is 13.5. The van der Waals surface area contributed by atoms with Gasteiger partial charge in [0.05, 0.1) is 16.9 Å². The van der Waals surface area contributed by atoms with E-state index in [4.69, 9.17) is 0 Å². The highest BCUT2D eigenvalue weighted by Gasteiger charge is 2.40. The predicted molar refractivity (Wildman–Crippen MR) is 122 cm³/mol. The molecule has 1 heterocycles. The quantitative estimate of drug-likeness (QED) is 0.629. The average Bonchev–Trinajstić information content (AvgIpc) is 2.81. The number of benzene rings is 3. The van der Waals surface area contributed by atoms with Crippen molar-refractivity contribution in [2.45, 2.75) is 30.7 Å². The summed E-state index contributed by atoms with van der Waals surface area (Å²) in [7, 11) is -3.75. The van der Waals surface area contributed by atoms with Gasteiger partial charge in [-0.3, -0.25) is 4.79 Å². The Bertz CT molecular complexity index is 1150. The SMILES string of the molecule is Cc1ccccc1NC(=O)C1CCC(c2ccccc2)N(S(=O)(=O)c2ccccc2)C1. The summed E-state index contributed by atoms with van der Waals surface area (Å²) in [6.45, 7) is 2.09. The summed E-state index contributed by atoms with van der Waals surface area (Å²) in [5.41, 5.74) is 2.68. The van der Waals surface area contributed by atoms with Crippen molar-refractivity contribution < 1.29 is 13.2 Å². The van der Waals surface area contributed by atoms with Gasteiger partial charge in [0.2, 0.25) is 15.9 Å². The first-order valence-corrected chi connectivity index (χ1v) is 11.9. The smallest absolute Gasteiger partial charge is 0.243 e. The molecule has 1 amide bonds. The number of sulfonamides is 1. The van der Waals surface area contributed by atoms with Gasteiger partial charge in [0.1, 0.15) is 0 Å². The zero-order valence-electron chi connectivity index (χ0n) is 17.4. The molecule has 1 aliphatic rings. The number of aryl methyl sites for hydroxylation is 1. The molecule has 0 radical (unpaired) electrons. The number of nitrogens with zero attached hydrogens (tertiary/aromatic N) is 1. The number of amides is 1. The number of piperidine rings is 1. The maximum Gasteiger partial charge on any atom is 0.243 e. The fraction of sp³-hybridized carbons (Fsp3) is 0.240. The Morgan fingerprint density at radius 2 is 1.48 bits per heavy atom. The number of hydrogen-bond donors (Lipinski definition) is 1. The second-order valence-corrected chi connectivity index (χ2v) is 9.78. The van der Waals surface area contributed by atoms with Crippen LogP contribution in [0.5, 0.6) is 0 Å². The van der Waals surface area contributed by atoms with Gasteiger partial charge in [0, 0.05) is 12.2 Å². The minimum atomic E-state index is -3.75. The van der Waals surface area contributed by atoms with Gasteiger partial charge in [0.15, 0.2) is 0 Å². The zero-order valence-corrected chi connectivity index (χ0v) is 18.3. The second kappa shape index (κ2) is 9.04. The van der Waals surface area contributed by atoms with E-state index in [9.17, 15) is 13.2 Å². The Hall–Kier alpha value is -2.96. The first-order valence-electron chi connectivity index (χ1n) is 10.4. The van der Waals surface area contributed by atoms with Gasteiger partial charge in [-0.1, -0.05) is 66.7 Å². The normalized spacial score (nSPS) is 19.6. The third kappa shape index (κ3) is 4.55. The van der Waals surface area contributed by atoms with Crippen molar-refractivity contribution in [3.63, 3.8) is 0 Å². The molecule has 0 aliphatic carbocycles. The lowest BCUT2D eigenvalue weighted by atomic mass is 9.90. The van der Waals surface area contributed by atoms with Crippen molar-refractivity contribution >= 4 is 21.6 Å². The molecule has 0 spiro atoms. The van der Waals surface area contributed by atoms with E-state index in [0.29, 0.717) is 12.8 Å². The fourth-order valence-corrected chi connectivity index (χ4v) is 5.81. The topological polar surface area (TPSA) is 66.5 Å². The van der Waals surface area contributed by atoms with Crippen LogP contribution in [0, 0.1) is 12.8 Å². The van der Waals surface area contributed by atoms with Gasteiger partial charge >= 0.3 is 0 Å². The van der Waals surface area contributed by atoms with Crippen molar-refractivity contribution in [3.05, 3.63) is 96.1 Å². The van der Waals surface area contributed by atoms with Gasteiger partial charge in [-0.15, -0.1) is 0 Å². The summed E-state index contributed by atoms with van der Waals surface area (Å²) in [4.78, 5) is 13.3. The van der Waals surface area contributed by atoms with Crippen LogP contribution < -0.4 is 5.32 Å². The lowest BCUT2D eigenvalue weighted by Crippen LogP contribution is -2.45. The highest BCUT2D eigenvalue weighted by Crippen LogP contribution is 2.37. The summed E-state index contributed by atoms with van der Waals surface area (Å²) in [6, 6.07) is 25.4. The Kier molecular flexibility index (Phi) is 6.20. The molecule has 2 atom stereocenters. The van der Waals surface area contributed by atoms with Crippen LogP contribution in [0.4, 0.5) is 5.69 Å². The van der Waals surface area contributed by atoms with Crippen molar-refractivity contribution in [1.29, 1.82) is 0 Å². The Labute approximate surface area is 183 Å². The highest BCUT2D eigenvalue weighted by molar-refractivity contribution is 7.89. The molecule has 1 N–H and O–H groups in total. The Morgan fingerprint density at radius 1 is 0.871 bits per heavy atom. The van der Waals surface area contributed by atoms with Crippen LogP contribution in [0.2, 0.25) is 0 Å². The van der Waals surface area contributed by atoms with Crippen LogP contribution in [0.3, 0.4) is 0 Å². The monoisotopic (exact) mass is 434 g/mol. The number of para-hydroxylation sites is 1. The van der Waals surface area contributed by atoms with Gasteiger partial charge in [0.25, 0.3) is 0 Å². The third-order valence-electron chi connectivity index (χ3n) is 5.84. The van der Waals surface area contributed by atoms with Crippen LogP contribution in [0.15, 0.2) is 89.8 Å². The third-order valence-corrected chi connectivity index (χ3v) is 7.73. The molecule has 4 rings (SSSR count). The van der Waals surface area contributed by atoms with E-state index < -0.39 is 15.9 Å². The second-order valence-electron chi connectivity index (χ2n) is 7.89. The standard InChI is InChI=1S/C25H26N2O3S/c1-19-10-8-9-15-23(19)26-25(28)21-16-17-24(20-11-4-2-5-12-20)27(18-21)31(29,30)22-13-6-3-7-14-22/h2-15,21,24H,16-18H2,1H3,(H,26,28). The molecule has 1 fully saturated rings. The molecule has 2 unspecified atom stereocenters. The van der Waals surface area contributed by atoms with E-state index in [2.05, 4.69) is 5.32 Å². The molecule has 6 heteroatoms. The van der Waals surface area contributed by atoms with Gasteiger partial charge in [-0.05, 0) is 49.1 Å². The van der Waals surface area contributed by atoms with E-state index in [0.717, 1.165) is 16.8 Å². The van der Waals surface area contributed by atoms with Crippen molar-refractivity contribution in [2.75, 3.05) is 11.9 Å². The van der Waals surface area contributed by atoms with Gasteiger partial charge in [-0.2, -0.15) is 4.31 Å². The predicted octanol–water partition coefficient (Wildman–Crippen LogP) is 4.78. The average molecular weight is 435 g/mol.